The normalized spacial score (nSPS) is 11.9. The minimum absolute atomic E-state index is 0.0110. The van der Waals surface area contributed by atoms with E-state index in [0.29, 0.717) is 15.8 Å². The summed E-state index contributed by atoms with van der Waals surface area (Å²) in [4.78, 5) is 11.2. The van der Waals surface area contributed by atoms with Crippen LogP contribution in [0.25, 0.3) is 11.1 Å². The molecule has 1 atom stereocenters. The molecule has 2 rings (SSSR count). The van der Waals surface area contributed by atoms with Crippen molar-refractivity contribution in [3.05, 3.63) is 46.4 Å². The highest BCUT2D eigenvalue weighted by molar-refractivity contribution is 6.37. The highest BCUT2D eigenvalue weighted by atomic mass is 35.5. The number of carbonyl (C=O) groups is 1. The maximum absolute atomic E-state index is 11.2. The molecule has 0 aromatic heterocycles. The Bertz CT molecular complexity index is 684. The van der Waals surface area contributed by atoms with E-state index in [1.165, 1.54) is 6.92 Å². The molecule has 3 nitrogen and oxygen atoms in total. The van der Waals surface area contributed by atoms with Crippen LogP contribution in [0.4, 0.5) is 5.69 Å². The predicted molar refractivity (Wildman–Crippen MR) is 92.2 cm³/mol. The molecule has 0 aliphatic carbocycles. The van der Waals surface area contributed by atoms with E-state index in [2.05, 4.69) is 5.32 Å². The van der Waals surface area contributed by atoms with Gasteiger partial charge in [-0.3, -0.25) is 4.79 Å². The van der Waals surface area contributed by atoms with Gasteiger partial charge in [0.2, 0.25) is 0 Å². The van der Waals surface area contributed by atoms with Gasteiger partial charge in [0.15, 0.2) is 11.9 Å². The Morgan fingerprint density at radius 3 is 2.36 bits per heavy atom. The van der Waals surface area contributed by atoms with Crippen LogP contribution in [0.1, 0.15) is 13.8 Å². The predicted octanol–water partition coefficient (Wildman–Crippen LogP) is 5.06. The fourth-order valence-electron chi connectivity index (χ4n) is 2.06. The van der Waals surface area contributed by atoms with E-state index < -0.39 is 6.10 Å². The van der Waals surface area contributed by atoms with Gasteiger partial charge in [-0.15, -0.1) is 0 Å². The lowest BCUT2D eigenvalue weighted by Gasteiger charge is -2.14. The van der Waals surface area contributed by atoms with E-state index in [1.54, 1.807) is 13.0 Å². The first-order valence-corrected chi connectivity index (χ1v) is 7.62. The Balaban J connectivity index is 2.33. The second-order valence-electron chi connectivity index (χ2n) is 4.96. The van der Waals surface area contributed by atoms with Gasteiger partial charge < -0.3 is 10.1 Å². The van der Waals surface area contributed by atoms with Crippen LogP contribution in [0.3, 0.4) is 0 Å². The molecule has 0 amide bonds. The van der Waals surface area contributed by atoms with E-state index in [4.69, 9.17) is 27.9 Å². The molecule has 5 heteroatoms. The minimum Gasteiger partial charge on any atom is -0.483 e. The molecule has 0 spiro atoms. The zero-order chi connectivity index (χ0) is 16.3. The fraction of sp³-hybridized carbons (Fsp3) is 0.235. The number of anilines is 1. The Labute approximate surface area is 140 Å². The van der Waals surface area contributed by atoms with Gasteiger partial charge in [0, 0.05) is 17.6 Å². The van der Waals surface area contributed by atoms with E-state index in [1.807, 2.05) is 37.4 Å². The third-order valence-electron chi connectivity index (χ3n) is 3.36. The smallest absolute Gasteiger partial charge is 0.169 e. The summed E-state index contributed by atoms with van der Waals surface area (Å²) in [5.41, 5.74) is 2.68. The van der Waals surface area contributed by atoms with Crippen molar-refractivity contribution >= 4 is 34.7 Å². The van der Waals surface area contributed by atoms with Crippen LogP contribution < -0.4 is 10.1 Å². The van der Waals surface area contributed by atoms with Gasteiger partial charge in [-0.05, 0) is 43.7 Å². The maximum Gasteiger partial charge on any atom is 0.169 e. The van der Waals surface area contributed by atoms with E-state index >= 15 is 0 Å². The molecule has 0 fully saturated rings. The number of nitrogens with one attached hydrogen (secondary N) is 1. The summed E-state index contributed by atoms with van der Waals surface area (Å²) in [7, 11) is 1.81. The molecule has 0 radical (unpaired) electrons. The van der Waals surface area contributed by atoms with E-state index in [0.717, 1.165) is 16.8 Å². The first-order valence-electron chi connectivity index (χ1n) is 6.86. The number of halogens is 2. The van der Waals surface area contributed by atoms with Crippen molar-refractivity contribution in [1.82, 2.24) is 0 Å². The van der Waals surface area contributed by atoms with Gasteiger partial charge in [0.05, 0.1) is 10.7 Å². The summed E-state index contributed by atoms with van der Waals surface area (Å²) in [5.74, 6) is 0.633. The minimum atomic E-state index is -0.459. The van der Waals surface area contributed by atoms with Crippen LogP contribution in [-0.2, 0) is 4.79 Å². The molecular formula is C17H17Cl2NO2. The number of ether oxygens (including phenoxy) is 1. The average molecular weight is 338 g/mol. The van der Waals surface area contributed by atoms with Crippen molar-refractivity contribution in [3.8, 4) is 16.9 Å². The lowest BCUT2D eigenvalue weighted by Crippen LogP contribution is -2.20. The number of ketones is 1. The topological polar surface area (TPSA) is 38.3 Å². The third kappa shape index (κ3) is 3.73. The van der Waals surface area contributed by atoms with Crippen LogP contribution in [0.5, 0.6) is 5.75 Å². The molecule has 22 heavy (non-hydrogen) atoms. The van der Waals surface area contributed by atoms with Crippen molar-refractivity contribution < 1.29 is 9.53 Å². The molecular weight excluding hydrogens is 321 g/mol. The van der Waals surface area contributed by atoms with E-state index in [9.17, 15) is 4.79 Å². The second kappa shape index (κ2) is 7.03. The Hall–Kier alpha value is -1.71. The summed E-state index contributed by atoms with van der Waals surface area (Å²) >= 11 is 12.3. The molecule has 1 N–H and O–H groups in total. The number of rotatable bonds is 5. The number of hydrogen-bond acceptors (Lipinski definition) is 3. The van der Waals surface area contributed by atoms with Crippen molar-refractivity contribution in [2.45, 2.75) is 20.0 Å². The third-order valence-corrected chi connectivity index (χ3v) is 3.87. The molecule has 0 aliphatic heterocycles. The van der Waals surface area contributed by atoms with Crippen LogP contribution in [0.2, 0.25) is 10.0 Å². The largest absolute Gasteiger partial charge is 0.483 e. The number of Topliss-reactive ketones (excluding diaryl/α,β-unsaturated/α-hetero) is 1. The molecule has 0 saturated carbocycles. The first kappa shape index (κ1) is 16.7. The van der Waals surface area contributed by atoms with Crippen molar-refractivity contribution in [2.75, 3.05) is 12.4 Å². The van der Waals surface area contributed by atoms with Crippen LogP contribution >= 0.6 is 23.2 Å². The molecule has 0 saturated heterocycles. The molecule has 2 aromatic rings. The highest BCUT2D eigenvalue weighted by Gasteiger charge is 2.12. The summed E-state index contributed by atoms with van der Waals surface area (Å²) in [5, 5.41) is 4.22. The molecule has 0 heterocycles. The summed E-state index contributed by atoms with van der Waals surface area (Å²) in [6.45, 7) is 3.23. The van der Waals surface area contributed by atoms with Gasteiger partial charge in [-0.2, -0.15) is 0 Å². The maximum atomic E-state index is 11.2. The Morgan fingerprint density at radius 2 is 1.82 bits per heavy atom. The van der Waals surface area contributed by atoms with Gasteiger partial charge in [-0.1, -0.05) is 35.3 Å². The molecule has 0 aliphatic rings. The highest BCUT2D eigenvalue weighted by Crippen LogP contribution is 2.37. The SMILES string of the molecule is CNc1c(Cl)cc(Cl)cc1-c1ccc(OC(C)C(C)=O)cc1. The molecule has 0 bridgehead atoms. The summed E-state index contributed by atoms with van der Waals surface area (Å²) in [6, 6.07) is 11.0. The first-order chi connectivity index (χ1) is 10.4. The van der Waals surface area contributed by atoms with Crippen LogP contribution in [0.15, 0.2) is 36.4 Å². The molecule has 116 valence electrons. The number of carbonyl (C=O) groups excluding carboxylic acids is 1. The summed E-state index contributed by atoms with van der Waals surface area (Å²) in [6.07, 6.45) is -0.459. The zero-order valence-electron chi connectivity index (χ0n) is 12.6. The van der Waals surface area contributed by atoms with Gasteiger partial charge in [0.1, 0.15) is 5.75 Å². The van der Waals surface area contributed by atoms with Gasteiger partial charge >= 0.3 is 0 Å². The van der Waals surface area contributed by atoms with Gasteiger partial charge in [-0.25, -0.2) is 0 Å². The Morgan fingerprint density at radius 1 is 1.18 bits per heavy atom. The average Bonchev–Trinajstić information content (AvgIpc) is 2.47. The second-order valence-corrected chi connectivity index (χ2v) is 5.80. The van der Waals surface area contributed by atoms with Crippen LogP contribution in [-0.4, -0.2) is 18.9 Å². The number of hydrogen-bond donors (Lipinski definition) is 1. The number of benzene rings is 2. The summed E-state index contributed by atoms with van der Waals surface area (Å²) < 4.78 is 5.55. The molecule has 2 aromatic carbocycles. The van der Waals surface area contributed by atoms with E-state index in [-0.39, 0.29) is 5.78 Å². The monoisotopic (exact) mass is 337 g/mol. The van der Waals surface area contributed by atoms with Crippen molar-refractivity contribution in [3.63, 3.8) is 0 Å². The van der Waals surface area contributed by atoms with Gasteiger partial charge in [0.25, 0.3) is 0 Å². The standard InChI is InChI=1S/C17H17Cl2NO2/c1-10(21)11(2)22-14-6-4-12(5-7-14)15-8-13(18)9-16(19)17(15)20-3/h4-9,11,20H,1-3H3. The van der Waals surface area contributed by atoms with Crippen LogP contribution in [0, 0.1) is 0 Å². The van der Waals surface area contributed by atoms with Crippen molar-refractivity contribution in [1.29, 1.82) is 0 Å². The van der Waals surface area contributed by atoms with Crippen molar-refractivity contribution in [2.24, 2.45) is 0 Å². The zero-order valence-corrected chi connectivity index (χ0v) is 14.1. The molecule has 1 unspecified atom stereocenters. The Kier molecular flexibility index (Phi) is 5.33. The quantitative estimate of drug-likeness (QED) is 0.828. The fourth-order valence-corrected chi connectivity index (χ4v) is 2.64. The lowest BCUT2D eigenvalue weighted by molar-refractivity contribution is -0.122. The lowest BCUT2D eigenvalue weighted by atomic mass is 10.0.